The van der Waals surface area contributed by atoms with E-state index in [1.54, 1.807) is 23.6 Å². The van der Waals surface area contributed by atoms with Gasteiger partial charge in [0.1, 0.15) is 41.5 Å². The minimum absolute atomic E-state index is 0.201. The largest absolute Gasteiger partial charge is 0.493 e. The van der Waals surface area contributed by atoms with E-state index in [0.29, 0.717) is 48.4 Å². The van der Waals surface area contributed by atoms with Crippen molar-refractivity contribution >= 4 is 22.9 Å². The van der Waals surface area contributed by atoms with Crippen LogP contribution in [-0.4, -0.2) is 52.3 Å². The molecule has 0 aliphatic carbocycles. The molecule has 276 valence electrons. The molecular weight excluding hydrogens is 706 g/mol. The molecule has 3 heterocycles. The van der Waals surface area contributed by atoms with Crippen LogP contribution in [0, 0.1) is 25.2 Å². The first-order chi connectivity index (χ1) is 25.8. The highest BCUT2D eigenvalue weighted by Crippen LogP contribution is 2.36. The van der Waals surface area contributed by atoms with E-state index in [9.17, 15) is 10.4 Å². The van der Waals surface area contributed by atoms with Crippen LogP contribution >= 0.6 is 22.9 Å². The van der Waals surface area contributed by atoms with Gasteiger partial charge in [0, 0.05) is 67.7 Å². The number of hydrogen-bond acceptors (Lipinski definition) is 10. The number of nitrogens with one attached hydrogen (secondary N) is 1. The van der Waals surface area contributed by atoms with Gasteiger partial charge in [-0.15, -0.1) is 11.3 Å². The molecule has 1 unspecified atom stereocenters. The number of aryl methyl sites for hydroxylation is 1. The molecule has 1 atom stereocenters. The maximum absolute atomic E-state index is 9.80. The van der Waals surface area contributed by atoms with Crippen LogP contribution in [0.1, 0.15) is 63.8 Å². The number of hydrogen-bond donors (Lipinski definition) is 2. The van der Waals surface area contributed by atoms with Gasteiger partial charge in [-0.05, 0) is 79.1 Å². The second-order valence-corrected chi connectivity index (χ2v) is 14.7. The van der Waals surface area contributed by atoms with Crippen LogP contribution in [0.5, 0.6) is 17.2 Å². The smallest absolute Gasteiger partial charge is 0.142 e. The minimum Gasteiger partial charge on any atom is -0.493 e. The number of aliphatic hydroxyl groups is 1. The van der Waals surface area contributed by atoms with Gasteiger partial charge in [0.2, 0.25) is 0 Å². The number of halogens is 1. The molecule has 3 aromatic carbocycles. The molecule has 0 bridgehead atoms. The fourth-order valence-corrected chi connectivity index (χ4v) is 7.57. The van der Waals surface area contributed by atoms with Crippen molar-refractivity contribution in [1.29, 1.82) is 5.26 Å². The molecule has 9 nitrogen and oxygen atoms in total. The van der Waals surface area contributed by atoms with Crippen molar-refractivity contribution < 1.29 is 19.3 Å². The van der Waals surface area contributed by atoms with E-state index in [4.69, 9.17) is 25.8 Å². The molecule has 1 fully saturated rings. The van der Waals surface area contributed by atoms with Crippen molar-refractivity contribution in [3.8, 4) is 34.4 Å². The molecule has 0 radical (unpaired) electrons. The van der Waals surface area contributed by atoms with Gasteiger partial charge in [-0.1, -0.05) is 48.9 Å². The summed E-state index contributed by atoms with van der Waals surface area (Å²) in [7, 11) is 0. The zero-order valence-electron chi connectivity index (χ0n) is 30.5. The molecule has 2 aromatic heterocycles. The van der Waals surface area contributed by atoms with E-state index in [0.717, 1.165) is 94.3 Å². The van der Waals surface area contributed by atoms with Gasteiger partial charge >= 0.3 is 0 Å². The summed E-state index contributed by atoms with van der Waals surface area (Å²) < 4.78 is 19.0. The lowest BCUT2D eigenvalue weighted by Crippen LogP contribution is -2.24. The van der Waals surface area contributed by atoms with Gasteiger partial charge in [0.15, 0.2) is 0 Å². The first-order valence-corrected chi connectivity index (χ1v) is 19.3. The Morgan fingerprint density at radius 2 is 1.77 bits per heavy atom. The van der Waals surface area contributed by atoms with E-state index in [2.05, 4.69) is 76.7 Å². The van der Waals surface area contributed by atoms with Crippen molar-refractivity contribution in [3.05, 3.63) is 121 Å². The standard InChI is InChI=1S/C42H46ClN5O4S/c1-4-34-27-53-42(47-34)23-46-22-33-17-38(43)41(18-40(33)51-25-31-16-30(19-44)20-45-21-31)52-26-32-8-5-9-36(28(32)2)37-10-6-11-39(29(37)3)50-15-7-13-48-14-12-35(49)24-48/h5-6,8-11,16-18,20-21,27,35,46,49H,4,7,12-15,22-26H2,1-3H3. The van der Waals surface area contributed by atoms with Gasteiger partial charge < -0.3 is 29.5 Å². The first kappa shape index (κ1) is 38.2. The van der Waals surface area contributed by atoms with Crippen LogP contribution < -0.4 is 19.5 Å². The molecule has 1 saturated heterocycles. The molecule has 5 aromatic rings. The number of nitrogens with zero attached hydrogens (tertiary/aromatic N) is 4. The Hall–Kier alpha value is -4.50. The van der Waals surface area contributed by atoms with Crippen molar-refractivity contribution in [2.24, 2.45) is 0 Å². The predicted molar refractivity (Wildman–Crippen MR) is 210 cm³/mol. The van der Waals surface area contributed by atoms with Gasteiger partial charge in [-0.3, -0.25) is 4.98 Å². The number of rotatable bonds is 17. The highest BCUT2D eigenvalue weighted by molar-refractivity contribution is 7.09. The molecule has 0 saturated carbocycles. The van der Waals surface area contributed by atoms with Crippen molar-refractivity contribution in [2.45, 2.75) is 72.4 Å². The highest BCUT2D eigenvalue weighted by Gasteiger charge is 2.20. The lowest BCUT2D eigenvalue weighted by Gasteiger charge is -2.19. The quantitative estimate of drug-likeness (QED) is 0.0909. The van der Waals surface area contributed by atoms with Crippen LogP contribution in [0.25, 0.3) is 11.1 Å². The van der Waals surface area contributed by atoms with E-state index >= 15 is 0 Å². The molecule has 6 rings (SSSR count). The number of aromatic nitrogens is 2. The number of likely N-dealkylation sites (tertiary alicyclic amines) is 1. The number of β-amino-alcohol motifs (C(OH)–C–C–N with tert-alkyl or cyclic N) is 1. The number of ether oxygens (including phenoxy) is 3. The van der Waals surface area contributed by atoms with Crippen molar-refractivity contribution in [3.63, 3.8) is 0 Å². The Kier molecular flexibility index (Phi) is 13.3. The molecule has 53 heavy (non-hydrogen) atoms. The van der Waals surface area contributed by atoms with Crippen LogP contribution in [0.4, 0.5) is 0 Å². The third-order valence-corrected chi connectivity index (χ3v) is 10.7. The van der Waals surface area contributed by atoms with Crippen molar-refractivity contribution in [2.75, 3.05) is 26.2 Å². The van der Waals surface area contributed by atoms with Crippen LogP contribution in [0.2, 0.25) is 5.02 Å². The summed E-state index contributed by atoms with van der Waals surface area (Å²) >= 11 is 8.50. The van der Waals surface area contributed by atoms with E-state index < -0.39 is 0 Å². The maximum Gasteiger partial charge on any atom is 0.142 e. The fourth-order valence-electron chi connectivity index (χ4n) is 6.48. The van der Waals surface area contributed by atoms with E-state index in [1.807, 2.05) is 24.3 Å². The Morgan fingerprint density at radius 3 is 2.55 bits per heavy atom. The topological polar surface area (TPSA) is 113 Å². The summed E-state index contributed by atoms with van der Waals surface area (Å²) in [4.78, 5) is 11.1. The number of aliphatic hydroxyl groups excluding tert-OH is 1. The second kappa shape index (κ2) is 18.5. The Morgan fingerprint density at radius 1 is 0.962 bits per heavy atom. The third kappa shape index (κ3) is 10.1. The maximum atomic E-state index is 9.80. The molecule has 1 aliphatic rings. The van der Waals surface area contributed by atoms with Gasteiger partial charge in [-0.25, -0.2) is 4.98 Å². The van der Waals surface area contributed by atoms with Crippen LogP contribution in [0.15, 0.2) is 72.4 Å². The average molecular weight is 752 g/mol. The summed E-state index contributed by atoms with van der Waals surface area (Å²) in [5.41, 5.74) is 8.73. The summed E-state index contributed by atoms with van der Waals surface area (Å²) in [5.74, 6) is 2.02. The predicted octanol–water partition coefficient (Wildman–Crippen LogP) is 8.19. The monoisotopic (exact) mass is 751 g/mol. The highest BCUT2D eigenvalue weighted by atomic mass is 35.5. The van der Waals surface area contributed by atoms with Gasteiger partial charge in [0.05, 0.1) is 29.0 Å². The number of thiazole rings is 1. The van der Waals surface area contributed by atoms with Crippen LogP contribution in [0.3, 0.4) is 0 Å². The summed E-state index contributed by atoms with van der Waals surface area (Å²) in [5, 5.41) is 26.2. The molecule has 0 spiro atoms. The summed E-state index contributed by atoms with van der Waals surface area (Å²) in [6, 6.07) is 20.1. The summed E-state index contributed by atoms with van der Waals surface area (Å²) in [6.45, 7) is 11.3. The van der Waals surface area contributed by atoms with E-state index in [1.165, 1.54) is 6.20 Å². The molecule has 0 amide bonds. The fraction of sp³-hybridized carbons (Fsp3) is 0.357. The SMILES string of the molecule is CCc1csc(CNCc2cc(Cl)c(OCc3cccc(-c4cccc(OCCCN5CCC(O)C5)c4C)c3C)cc2OCc2cncc(C#N)c2)n1. The number of pyridine rings is 1. The van der Waals surface area contributed by atoms with Crippen molar-refractivity contribution in [1.82, 2.24) is 20.2 Å². The average Bonchev–Trinajstić information content (AvgIpc) is 3.82. The minimum atomic E-state index is -0.201. The lowest BCUT2D eigenvalue weighted by molar-refractivity contribution is 0.173. The van der Waals surface area contributed by atoms with Gasteiger partial charge in [-0.2, -0.15) is 5.26 Å². The Labute approximate surface area is 321 Å². The number of nitriles is 1. The van der Waals surface area contributed by atoms with E-state index in [-0.39, 0.29) is 12.7 Å². The lowest BCUT2D eigenvalue weighted by atomic mass is 9.93. The Bertz CT molecular complexity index is 2050. The molecule has 2 N–H and O–H groups in total. The molecule has 1 aliphatic heterocycles. The zero-order chi connectivity index (χ0) is 37.2. The number of benzene rings is 3. The molecular formula is C42H46ClN5O4S. The third-order valence-electron chi connectivity index (χ3n) is 9.51. The second-order valence-electron chi connectivity index (χ2n) is 13.3. The zero-order valence-corrected chi connectivity index (χ0v) is 32.1. The Balaban J connectivity index is 1.15. The first-order valence-electron chi connectivity index (χ1n) is 18.1. The molecule has 11 heteroatoms. The summed E-state index contributed by atoms with van der Waals surface area (Å²) in [6.07, 6.45) is 5.70. The van der Waals surface area contributed by atoms with Gasteiger partial charge in [0.25, 0.3) is 0 Å². The normalized spacial score (nSPS) is 14.3. The van der Waals surface area contributed by atoms with Crippen LogP contribution in [-0.2, 0) is 32.7 Å².